The number of rotatable bonds is 0. The van der Waals surface area contributed by atoms with Gasteiger partial charge in [0, 0.05) is 12.3 Å². The van der Waals surface area contributed by atoms with Crippen LogP contribution in [0.2, 0.25) is 0 Å². The molecule has 9 heavy (non-hydrogen) atoms. The van der Waals surface area contributed by atoms with Gasteiger partial charge in [0.2, 0.25) is 0 Å². The molecule has 3 heteroatoms. The van der Waals surface area contributed by atoms with E-state index < -0.39 is 0 Å². The Kier molecular flexibility index (Phi) is 1.47. The minimum Gasteiger partial charge on any atom is -0.312 e. The summed E-state index contributed by atoms with van der Waals surface area (Å²) in [5, 5.41) is 2.43. The van der Waals surface area contributed by atoms with Crippen molar-refractivity contribution in [2.24, 2.45) is 4.99 Å². The van der Waals surface area contributed by atoms with Crippen LogP contribution in [-0.2, 0) is 0 Å². The Balaban J connectivity index is 2.90. The van der Waals surface area contributed by atoms with E-state index in [1.165, 1.54) is 0 Å². The number of allylic oxidation sites excluding steroid dienone is 2. The molecule has 1 aliphatic rings. The SMILES string of the molecule is CC1=CNC(=O)N=C=C1. The Bertz CT molecular complexity index is 221. The number of hydrogen-bond donors (Lipinski definition) is 1. The molecule has 0 fully saturated rings. The Morgan fingerprint density at radius 2 is 2.56 bits per heavy atom. The van der Waals surface area contributed by atoms with Crippen LogP contribution >= 0.6 is 0 Å². The van der Waals surface area contributed by atoms with Crippen LogP contribution in [0.1, 0.15) is 6.92 Å². The van der Waals surface area contributed by atoms with Crippen LogP contribution < -0.4 is 5.32 Å². The number of aliphatic imine (C=N–C) groups is 1. The van der Waals surface area contributed by atoms with Crippen LogP contribution in [0.4, 0.5) is 4.79 Å². The van der Waals surface area contributed by atoms with Gasteiger partial charge in [0.1, 0.15) is 0 Å². The number of carbonyl (C=O) groups excluding carboxylic acids is 1. The normalized spacial score (nSPS) is 16.6. The summed E-state index contributed by atoms with van der Waals surface area (Å²) in [4.78, 5) is 13.8. The molecule has 46 valence electrons. The predicted molar refractivity (Wildman–Crippen MR) is 34.3 cm³/mol. The molecular formula is C6H6N2O. The van der Waals surface area contributed by atoms with Crippen molar-refractivity contribution in [1.29, 1.82) is 0 Å². The minimum absolute atomic E-state index is 0.372. The molecule has 0 aromatic rings. The van der Waals surface area contributed by atoms with E-state index >= 15 is 0 Å². The molecule has 0 aromatic carbocycles. The Morgan fingerprint density at radius 3 is 3.33 bits per heavy atom. The first kappa shape index (κ1) is 5.79. The number of amides is 2. The first-order valence-corrected chi connectivity index (χ1v) is 2.56. The van der Waals surface area contributed by atoms with Crippen molar-refractivity contribution in [2.75, 3.05) is 0 Å². The molecule has 0 radical (unpaired) electrons. The van der Waals surface area contributed by atoms with Crippen molar-refractivity contribution in [1.82, 2.24) is 5.32 Å². The molecule has 0 unspecified atom stereocenters. The van der Waals surface area contributed by atoms with Gasteiger partial charge in [-0.05, 0) is 18.4 Å². The number of hydrogen-bond acceptors (Lipinski definition) is 1. The van der Waals surface area contributed by atoms with Gasteiger partial charge in [0.25, 0.3) is 0 Å². The molecule has 0 aliphatic carbocycles. The third-order valence-electron chi connectivity index (χ3n) is 0.882. The number of urea groups is 1. The predicted octanol–water partition coefficient (Wildman–Crippen LogP) is 0.839. The molecule has 0 bridgehead atoms. The second kappa shape index (κ2) is 2.29. The van der Waals surface area contributed by atoms with Crippen molar-refractivity contribution in [3.05, 3.63) is 17.8 Å². The second-order valence-electron chi connectivity index (χ2n) is 1.72. The largest absolute Gasteiger partial charge is 0.353 e. The summed E-state index contributed by atoms with van der Waals surface area (Å²) < 4.78 is 0. The van der Waals surface area contributed by atoms with Gasteiger partial charge >= 0.3 is 6.03 Å². The maximum atomic E-state index is 10.4. The van der Waals surface area contributed by atoms with E-state index in [4.69, 9.17) is 0 Å². The molecule has 3 nitrogen and oxygen atoms in total. The van der Waals surface area contributed by atoms with Crippen molar-refractivity contribution >= 4 is 11.9 Å². The van der Waals surface area contributed by atoms with E-state index in [1.54, 1.807) is 12.3 Å². The maximum absolute atomic E-state index is 10.4. The molecule has 2 amide bonds. The average Bonchev–Trinajstić information content (AvgIpc) is 1.97. The average molecular weight is 122 g/mol. The number of carbonyl (C=O) groups is 1. The number of nitrogens with one attached hydrogen (secondary N) is 1. The lowest BCUT2D eigenvalue weighted by Gasteiger charge is -1.87. The lowest BCUT2D eigenvalue weighted by Crippen LogP contribution is -2.10. The van der Waals surface area contributed by atoms with Crippen LogP contribution in [-0.4, -0.2) is 11.9 Å². The molecule has 1 rings (SSSR count). The van der Waals surface area contributed by atoms with Crippen LogP contribution in [0.5, 0.6) is 0 Å². The monoisotopic (exact) mass is 122 g/mol. The highest BCUT2D eigenvalue weighted by Gasteiger charge is 1.93. The van der Waals surface area contributed by atoms with Gasteiger partial charge in [-0.3, -0.25) is 0 Å². The molecule has 0 spiro atoms. The summed E-state index contributed by atoms with van der Waals surface area (Å²) in [6.45, 7) is 1.86. The van der Waals surface area contributed by atoms with Crippen LogP contribution in [0, 0.1) is 0 Å². The van der Waals surface area contributed by atoms with E-state index in [-0.39, 0.29) is 6.03 Å². The van der Waals surface area contributed by atoms with E-state index in [2.05, 4.69) is 16.2 Å². The third-order valence-corrected chi connectivity index (χ3v) is 0.882. The highest BCUT2D eigenvalue weighted by atomic mass is 16.2. The zero-order chi connectivity index (χ0) is 6.69. The second-order valence-corrected chi connectivity index (χ2v) is 1.72. The first-order chi connectivity index (χ1) is 4.29. The fraction of sp³-hybridized carbons (Fsp3) is 0.167. The van der Waals surface area contributed by atoms with E-state index in [9.17, 15) is 4.79 Å². The van der Waals surface area contributed by atoms with Gasteiger partial charge < -0.3 is 5.32 Å². The third kappa shape index (κ3) is 1.55. The Morgan fingerprint density at radius 1 is 1.78 bits per heavy atom. The lowest BCUT2D eigenvalue weighted by molar-refractivity contribution is 0.252. The summed E-state index contributed by atoms with van der Waals surface area (Å²) in [6, 6.07) is -0.372. The van der Waals surface area contributed by atoms with E-state index in [0.29, 0.717) is 0 Å². The first-order valence-electron chi connectivity index (χ1n) is 2.56. The molecule has 1 N–H and O–H groups in total. The van der Waals surface area contributed by atoms with E-state index in [0.717, 1.165) is 5.57 Å². The molecule has 0 saturated heterocycles. The molecular weight excluding hydrogens is 116 g/mol. The lowest BCUT2D eigenvalue weighted by atomic mass is 10.3. The molecule has 1 aliphatic heterocycles. The van der Waals surface area contributed by atoms with Crippen molar-refractivity contribution in [2.45, 2.75) is 6.92 Å². The smallest absolute Gasteiger partial charge is 0.312 e. The van der Waals surface area contributed by atoms with Gasteiger partial charge in [-0.2, -0.15) is 0 Å². The number of nitrogens with zero attached hydrogens (tertiary/aromatic N) is 1. The highest BCUT2D eigenvalue weighted by molar-refractivity contribution is 5.84. The fourth-order valence-corrected chi connectivity index (χ4v) is 0.442. The molecule has 1 heterocycles. The Labute approximate surface area is 52.8 Å². The van der Waals surface area contributed by atoms with Gasteiger partial charge in [-0.25, -0.2) is 4.79 Å². The van der Waals surface area contributed by atoms with Gasteiger partial charge in [0.15, 0.2) is 0 Å². The molecule has 0 aromatic heterocycles. The zero-order valence-electron chi connectivity index (χ0n) is 5.01. The van der Waals surface area contributed by atoms with Crippen molar-refractivity contribution in [3.8, 4) is 0 Å². The van der Waals surface area contributed by atoms with Gasteiger partial charge in [-0.15, -0.1) is 4.99 Å². The van der Waals surface area contributed by atoms with Gasteiger partial charge in [-0.1, -0.05) is 0 Å². The zero-order valence-corrected chi connectivity index (χ0v) is 5.01. The standard InChI is InChI=1S/C6H6N2O/c1-5-2-3-7-6(9)8-4-5/h2,4H,1H3,(H,8,9). The van der Waals surface area contributed by atoms with Crippen LogP contribution in [0.3, 0.4) is 0 Å². The minimum atomic E-state index is -0.372. The summed E-state index contributed by atoms with van der Waals surface area (Å²) in [7, 11) is 0. The molecule has 0 saturated carbocycles. The highest BCUT2D eigenvalue weighted by Crippen LogP contribution is 1.91. The quantitative estimate of drug-likeness (QED) is 0.508. The van der Waals surface area contributed by atoms with Crippen LogP contribution in [0.15, 0.2) is 22.8 Å². The summed E-state index contributed by atoms with van der Waals surface area (Å²) in [5.41, 5.74) is 0.935. The topological polar surface area (TPSA) is 41.5 Å². The van der Waals surface area contributed by atoms with Crippen molar-refractivity contribution in [3.63, 3.8) is 0 Å². The van der Waals surface area contributed by atoms with E-state index in [1.807, 2.05) is 6.92 Å². The van der Waals surface area contributed by atoms with Crippen LogP contribution in [0.25, 0.3) is 0 Å². The summed E-state index contributed by atoms with van der Waals surface area (Å²) in [5.74, 6) is 2.47. The summed E-state index contributed by atoms with van der Waals surface area (Å²) >= 11 is 0. The summed E-state index contributed by atoms with van der Waals surface area (Å²) in [6.07, 6.45) is 3.23. The fourth-order valence-electron chi connectivity index (χ4n) is 0.442. The van der Waals surface area contributed by atoms with Crippen molar-refractivity contribution < 1.29 is 4.79 Å². The molecule has 0 atom stereocenters. The van der Waals surface area contributed by atoms with Gasteiger partial charge in [0.05, 0.1) is 0 Å². The Hall–Kier alpha value is -1.34. The maximum Gasteiger partial charge on any atom is 0.353 e.